The molecule has 1 aliphatic rings. The standard InChI is InChI=1S/C31H22N4S/c32-20-21-12-16-23(17-13-21)34-29-10-3-1-6-25(29)27-8-5-9-28-26-7-2-4-11-30(26)35(36-31(27)28)24-18-14-22(33)15-19-24/h1-19,34H,33H2. The molecule has 3 N–H and O–H groups in total. The molecule has 0 saturated heterocycles. The molecule has 1 heterocycles. The number of nitrogen functional groups attached to an aromatic ring is 1. The Kier molecular flexibility index (Phi) is 5.57. The van der Waals surface area contributed by atoms with Crippen LogP contribution in [0.2, 0.25) is 0 Å². The normalized spacial score (nSPS) is 11.8. The van der Waals surface area contributed by atoms with Crippen LogP contribution in [0.25, 0.3) is 22.3 Å². The molecule has 0 bridgehead atoms. The third-order valence-corrected chi connectivity index (χ3v) is 7.46. The van der Waals surface area contributed by atoms with Crippen molar-refractivity contribution < 1.29 is 0 Å². The van der Waals surface area contributed by atoms with Gasteiger partial charge in [0.15, 0.2) is 0 Å². The Hall–Kier alpha value is -4.66. The Morgan fingerprint density at radius 3 is 2.06 bits per heavy atom. The van der Waals surface area contributed by atoms with Crippen LogP contribution < -0.4 is 15.4 Å². The number of hydrogen-bond acceptors (Lipinski definition) is 5. The van der Waals surface area contributed by atoms with Crippen molar-refractivity contribution in [2.24, 2.45) is 0 Å². The van der Waals surface area contributed by atoms with Gasteiger partial charge in [0, 0.05) is 33.1 Å². The maximum atomic E-state index is 9.13. The highest BCUT2D eigenvalue weighted by Crippen LogP contribution is 2.53. The molecule has 0 unspecified atom stereocenters. The van der Waals surface area contributed by atoms with Crippen molar-refractivity contribution in [3.63, 3.8) is 0 Å². The van der Waals surface area contributed by atoms with E-state index >= 15 is 0 Å². The predicted molar refractivity (Wildman–Crippen MR) is 151 cm³/mol. The fourth-order valence-electron chi connectivity index (χ4n) is 4.49. The second-order valence-electron chi connectivity index (χ2n) is 8.54. The van der Waals surface area contributed by atoms with Crippen LogP contribution in [0.4, 0.5) is 28.4 Å². The molecule has 6 rings (SSSR count). The molecule has 0 aromatic heterocycles. The molecule has 0 amide bonds. The summed E-state index contributed by atoms with van der Waals surface area (Å²) in [5, 5.41) is 12.7. The molecule has 1 aliphatic heterocycles. The first kappa shape index (κ1) is 21.8. The van der Waals surface area contributed by atoms with Gasteiger partial charge in [-0.3, -0.25) is 4.31 Å². The predicted octanol–water partition coefficient (Wildman–Crippen LogP) is 8.38. The van der Waals surface area contributed by atoms with Crippen LogP contribution in [0.3, 0.4) is 0 Å². The van der Waals surface area contributed by atoms with Crippen molar-refractivity contribution in [1.82, 2.24) is 0 Å². The number of nitriles is 1. The average Bonchev–Trinajstić information content (AvgIpc) is 2.93. The average molecular weight is 483 g/mol. The van der Waals surface area contributed by atoms with Gasteiger partial charge in [0.05, 0.1) is 23.0 Å². The van der Waals surface area contributed by atoms with Crippen LogP contribution in [0.1, 0.15) is 5.56 Å². The first-order chi connectivity index (χ1) is 17.7. The number of hydrogen-bond donors (Lipinski definition) is 2. The summed E-state index contributed by atoms with van der Waals surface area (Å²) in [6.07, 6.45) is 0. The molecule has 0 atom stereocenters. The van der Waals surface area contributed by atoms with Gasteiger partial charge < -0.3 is 11.1 Å². The van der Waals surface area contributed by atoms with E-state index in [1.165, 1.54) is 16.0 Å². The van der Waals surface area contributed by atoms with Crippen LogP contribution in [-0.2, 0) is 0 Å². The van der Waals surface area contributed by atoms with Gasteiger partial charge in [-0.1, -0.05) is 54.6 Å². The first-order valence-electron chi connectivity index (χ1n) is 11.6. The highest BCUT2D eigenvalue weighted by molar-refractivity contribution is 8.01. The third kappa shape index (κ3) is 3.94. The number of para-hydroxylation sites is 2. The number of rotatable bonds is 4. The molecular weight excluding hydrogens is 460 g/mol. The maximum absolute atomic E-state index is 9.13. The molecule has 0 spiro atoms. The summed E-state index contributed by atoms with van der Waals surface area (Å²) < 4.78 is 2.28. The minimum Gasteiger partial charge on any atom is -0.399 e. The fraction of sp³-hybridized carbons (Fsp3) is 0. The minimum atomic E-state index is 0.642. The molecule has 0 saturated carbocycles. The van der Waals surface area contributed by atoms with Gasteiger partial charge in [-0.25, -0.2) is 0 Å². The van der Waals surface area contributed by atoms with E-state index in [4.69, 9.17) is 11.0 Å². The van der Waals surface area contributed by atoms with Crippen LogP contribution in [-0.4, -0.2) is 0 Å². The largest absolute Gasteiger partial charge is 0.399 e. The van der Waals surface area contributed by atoms with E-state index in [1.54, 1.807) is 11.9 Å². The zero-order valence-corrected chi connectivity index (χ0v) is 20.2. The summed E-state index contributed by atoms with van der Waals surface area (Å²) >= 11 is 1.73. The SMILES string of the molecule is N#Cc1ccc(Nc2ccccc2-c2cccc3c2SN(c2ccc(N)cc2)c2ccccc2-3)cc1. The molecule has 36 heavy (non-hydrogen) atoms. The van der Waals surface area contributed by atoms with Crippen molar-refractivity contribution in [3.8, 4) is 28.3 Å². The second-order valence-corrected chi connectivity index (χ2v) is 9.49. The summed E-state index contributed by atoms with van der Waals surface area (Å²) in [5.74, 6) is 0. The van der Waals surface area contributed by atoms with Crippen LogP contribution in [0, 0.1) is 11.3 Å². The Morgan fingerprint density at radius 1 is 0.667 bits per heavy atom. The maximum Gasteiger partial charge on any atom is 0.0991 e. The van der Waals surface area contributed by atoms with Gasteiger partial charge in [0.25, 0.3) is 0 Å². The lowest BCUT2D eigenvalue weighted by molar-refractivity contribution is 1.34. The summed E-state index contributed by atoms with van der Waals surface area (Å²) in [7, 11) is 0. The summed E-state index contributed by atoms with van der Waals surface area (Å²) in [5.41, 5.74) is 16.2. The van der Waals surface area contributed by atoms with E-state index in [-0.39, 0.29) is 0 Å². The van der Waals surface area contributed by atoms with Gasteiger partial charge in [0.2, 0.25) is 0 Å². The monoisotopic (exact) mass is 482 g/mol. The smallest absolute Gasteiger partial charge is 0.0991 e. The molecule has 5 aromatic carbocycles. The van der Waals surface area contributed by atoms with Crippen molar-refractivity contribution in [3.05, 3.63) is 121 Å². The highest BCUT2D eigenvalue weighted by Gasteiger charge is 2.27. The molecule has 5 heteroatoms. The first-order valence-corrected chi connectivity index (χ1v) is 12.4. The third-order valence-electron chi connectivity index (χ3n) is 6.25. The molecule has 5 aromatic rings. The molecule has 4 nitrogen and oxygen atoms in total. The lowest BCUT2D eigenvalue weighted by Gasteiger charge is -2.33. The van der Waals surface area contributed by atoms with E-state index in [1.807, 2.05) is 42.5 Å². The van der Waals surface area contributed by atoms with Crippen LogP contribution in [0.15, 0.2) is 120 Å². The summed E-state index contributed by atoms with van der Waals surface area (Å²) in [6.45, 7) is 0. The quantitative estimate of drug-likeness (QED) is 0.199. The van der Waals surface area contributed by atoms with E-state index in [2.05, 4.69) is 88.5 Å². The molecule has 0 aliphatic carbocycles. The van der Waals surface area contributed by atoms with Gasteiger partial charge in [-0.15, -0.1) is 0 Å². The number of nitrogens with zero attached hydrogens (tertiary/aromatic N) is 2. The summed E-state index contributed by atoms with van der Waals surface area (Å²) in [4.78, 5) is 1.20. The zero-order chi connectivity index (χ0) is 24.5. The van der Waals surface area contributed by atoms with E-state index in [9.17, 15) is 0 Å². The molecule has 0 radical (unpaired) electrons. The van der Waals surface area contributed by atoms with Crippen molar-refractivity contribution in [2.45, 2.75) is 4.90 Å². The molecule has 172 valence electrons. The lowest BCUT2D eigenvalue weighted by atomic mass is 9.96. The van der Waals surface area contributed by atoms with Crippen LogP contribution in [0.5, 0.6) is 0 Å². The Morgan fingerprint density at radius 2 is 1.31 bits per heavy atom. The van der Waals surface area contributed by atoms with Crippen molar-refractivity contribution in [2.75, 3.05) is 15.4 Å². The van der Waals surface area contributed by atoms with Crippen molar-refractivity contribution in [1.29, 1.82) is 5.26 Å². The van der Waals surface area contributed by atoms with Gasteiger partial charge in [0.1, 0.15) is 0 Å². The Balaban J connectivity index is 1.47. The molecular formula is C31H22N4S. The minimum absolute atomic E-state index is 0.642. The van der Waals surface area contributed by atoms with E-state index in [0.29, 0.717) is 5.56 Å². The highest BCUT2D eigenvalue weighted by atomic mass is 32.2. The van der Waals surface area contributed by atoms with Gasteiger partial charge in [-0.05, 0) is 83.7 Å². The van der Waals surface area contributed by atoms with E-state index in [0.717, 1.165) is 39.6 Å². The molecule has 0 fully saturated rings. The topological polar surface area (TPSA) is 65.1 Å². The zero-order valence-electron chi connectivity index (χ0n) is 19.3. The Labute approximate surface area is 214 Å². The number of nitrogens with two attached hydrogens (primary N) is 1. The summed E-state index contributed by atoms with van der Waals surface area (Å²) in [6, 6.07) is 41.1. The van der Waals surface area contributed by atoms with Crippen molar-refractivity contribution >= 4 is 40.4 Å². The lowest BCUT2D eigenvalue weighted by Crippen LogP contribution is -2.13. The van der Waals surface area contributed by atoms with Gasteiger partial charge >= 0.3 is 0 Å². The fourth-order valence-corrected chi connectivity index (χ4v) is 5.71. The van der Waals surface area contributed by atoms with Crippen LogP contribution >= 0.6 is 11.9 Å². The van der Waals surface area contributed by atoms with Gasteiger partial charge in [-0.2, -0.15) is 5.26 Å². The Bertz CT molecular complexity index is 1600. The number of benzene rings is 5. The number of fused-ring (bicyclic) bond motifs is 3. The van der Waals surface area contributed by atoms with E-state index < -0.39 is 0 Å². The number of nitrogens with one attached hydrogen (secondary N) is 1. The number of anilines is 5. The second kappa shape index (κ2) is 9.18.